The fourth-order valence-electron chi connectivity index (χ4n) is 4.98. The van der Waals surface area contributed by atoms with E-state index in [4.69, 9.17) is 4.74 Å². The van der Waals surface area contributed by atoms with Gasteiger partial charge in [0.2, 0.25) is 5.91 Å². The van der Waals surface area contributed by atoms with E-state index < -0.39 is 0 Å². The third-order valence-electron chi connectivity index (χ3n) is 7.02. The maximum Gasteiger partial charge on any atom is 0.233 e. The van der Waals surface area contributed by atoms with Gasteiger partial charge in [0.1, 0.15) is 5.75 Å². The molecule has 4 nitrogen and oxygen atoms in total. The number of aryl methyl sites for hydroxylation is 1. The van der Waals surface area contributed by atoms with E-state index in [0.717, 1.165) is 75.2 Å². The van der Waals surface area contributed by atoms with Gasteiger partial charge in [-0.1, -0.05) is 18.6 Å². The van der Waals surface area contributed by atoms with Gasteiger partial charge in [-0.3, -0.25) is 4.79 Å². The molecule has 1 aromatic rings. The average molecular weight is 342 g/mol. The maximum atomic E-state index is 13.5. The van der Waals surface area contributed by atoms with Crippen LogP contribution in [-0.4, -0.2) is 44.1 Å². The van der Waals surface area contributed by atoms with E-state index in [-0.39, 0.29) is 5.41 Å². The lowest BCUT2D eigenvalue weighted by Gasteiger charge is -2.47. The Labute approximate surface area is 150 Å². The number of ether oxygens (including phenoxy) is 1. The molecular formula is C21H30N2O2. The van der Waals surface area contributed by atoms with Crippen molar-refractivity contribution in [3.8, 4) is 5.75 Å². The van der Waals surface area contributed by atoms with Gasteiger partial charge in [0.05, 0.1) is 12.5 Å². The first-order chi connectivity index (χ1) is 12.1. The number of benzene rings is 1. The van der Waals surface area contributed by atoms with Crippen molar-refractivity contribution in [2.24, 2.45) is 5.41 Å². The van der Waals surface area contributed by atoms with Crippen molar-refractivity contribution in [3.63, 3.8) is 0 Å². The van der Waals surface area contributed by atoms with Gasteiger partial charge in [-0.05, 0) is 68.2 Å². The summed E-state index contributed by atoms with van der Waals surface area (Å²) < 4.78 is 5.51. The first kappa shape index (κ1) is 16.9. The molecule has 2 saturated heterocycles. The first-order valence-electron chi connectivity index (χ1n) is 9.74. The van der Waals surface area contributed by atoms with Crippen molar-refractivity contribution in [3.05, 3.63) is 29.3 Å². The molecule has 0 unspecified atom stereocenters. The summed E-state index contributed by atoms with van der Waals surface area (Å²) in [6.07, 6.45) is 6.67. The van der Waals surface area contributed by atoms with Crippen molar-refractivity contribution < 1.29 is 9.53 Å². The van der Waals surface area contributed by atoms with Gasteiger partial charge < -0.3 is 15.0 Å². The Balaban J connectivity index is 1.53. The van der Waals surface area contributed by atoms with Crippen LogP contribution >= 0.6 is 0 Å². The molecule has 1 spiro atoms. The molecule has 3 aliphatic rings. The fraction of sp³-hybridized carbons (Fsp3) is 0.667. The molecule has 4 rings (SSSR count). The SMILES string of the molecule is COc1cc(C2(C(=O)N3CCC4(CCNC4)CC3)CCC2)ccc1C. The van der Waals surface area contributed by atoms with Crippen LogP contribution in [0.1, 0.15) is 49.7 Å². The van der Waals surface area contributed by atoms with E-state index in [1.54, 1.807) is 7.11 Å². The molecule has 1 N–H and O–H groups in total. The highest BCUT2D eigenvalue weighted by atomic mass is 16.5. The lowest BCUT2D eigenvalue weighted by molar-refractivity contribution is -0.143. The Hall–Kier alpha value is -1.55. The van der Waals surface area contributed by atoms with Gasteiger partial charge in [-0.2, -0.15) is 0 Å². The van der Waals surface area contributed by atoms with Crippen LogP contribution in [0.5, 0.6) is 5.75 Å². The summed E-state index contributed by atoms with van der Waals surface area (Å²) in [6, 6.07) is 6.33. The van der Waals surface area contributed by atoms with E-state index in [1.165, 1.54) is 6.42 Å². The minimum atomic E-state index is -0.306. The second kappa shape index (κ2) is 6.31. The smallest absolute Gasteiger partial charge is 0.233 e. The Bertz CT molecular complexity index is 650. The molecule has 3 fully saturated rings. The van der Waals surface area contributed by atoms with Crippen LogP contribution in [-0.2, 0) is 10.2 Å². The van der Waals surface area contributed by atoms with Crippen molar-refractivity contribution in [1.82, 2.24) is 10.2 Å². The number of nitrogens with one attached hydrogen (secondary N) is 1. The molecule has 4 heteroatoms. The largest absolute Gasteiger partial charge is 0.496 e. The summed E-state index contributed by atoms with van der Waals surface area (Å²) in [4.78, 5) is 15.6. The number of methoxy groups -OCH3 is 1. The van der Waals surface area contributed by atoms with E-state index in [9.17, 15) is 4.79 Å². The van der Waals surface area contributed by atoms with Gasteiger partial charge in [-0.25, -0.2) is 0 Å². The lowest BCUT2D eigenvalue weighted by atomic mass is 9.63. The Morgan fingerprint density at radius 2 is 1.92 bits per heavy atom. The van der Waals surface area contributed by atoms with Crippen LogP contribution in [0, 0.1) is 12.3 Å². The maximum absolute atomic E-state index is 13.5. The minimum absolute atomic E-state index is 0.306. The van der Waals surface area contributed by atoms with E-state index >= 15 is 0 Å². The van der Waals surface area contributed by atoms with Gasteiger partial charge in [0, 0.05) is 19.6 Å². The average Bonchev–Trinajstić information content (AvgIpc) is 3.04. The summed E-state index contributed by atoms with van der Waals surface area (Å²) in [6.45, 7) is 6.17. The highest BCUT2D eigenvalue weighted by molar-refractivity contribution is 5.89. The van der Waals surface area contributed by atoms with Crippen molar-refractivity contribution in [2.75, 3.05) is 33.3 Å². The summed E-state index contributed by atoms with van der Waals surface area (Å²) >= 11 is 0. The van der Waals surface area contributed by atoms with E-state index in [1.807, 2.05) is 0 Å². The van der Waals surface area contributed by atoms with E-state index in [0.29, 0.717) is 11.3 Å². The first-order valence-corrected chi connectivity index (χ1v) is 9.74. The summed E-state index contributed by atoms with van der Waals surface area (Å²) in [5.41, 5.74) is 2.42. The number of carbonyl (C=O) groups is 1. The standard InChI is InChI=1S/C21H30N2O2/c1-16-4-5-17(14-18(16)25-2)21(6-3-7-21)19(24)23-12-9-20(10-13-23)8-11-22-15-20/h4-5,14,22H,3,6-13,15H2,1-2H3. The molecule has 0 atom stereocenters. The summed E-state index contributed by atoms with van der Waals surface area (Å²) in [7, 11) is 1.71. The Kier molecular flexibility index (Phi) is 4.27. The summed E-state index contributed by atoms with van der Waals surface area (Å²) in [5.74, 6) is 1.25. The number of piperidine rings is 1. The van der Waals surface area contributed by atoms with E-state index in [2.05, 4.69) is 35.3 Å². The zero-order chi connectivity index (χ0) is 17.5. The van der Waals surface area contributed by atoms with Gasteiger partial charge in [0.15, 0.2) is 0 Å². The molecule has 2 heterocycles. The van der Waals surface area contributed by atoms with Gasteiger partial charge >= 0.3 is 0 Å². The Morgan fingerprint density at radius 3 is 2.48 bits per heavy atom. The van der Waals surface area contributed by atoms with Crippen molar-refractivity contribution in [1.29, 1.82) is 0 Å². The normalized spacial score (nSPS) is 24.2. The van der Waals surface area contributed by atoms with Crippen LogP contribution in [0.25, 0.3) is 0 Å². The van der Waals surface area contributed by atoms with Crippen molar-refractivity contribution >= 4 is 5.91 Å². The van der Waals surface area contributed by atoms with Crippen LogP contribution < -0.4 is 10.1 Å². The van der Waals surface area contributed by atoms with Crippen molar-refractivity contribution in [2.45, 2.75) is 50.9 Å². The number of rotatable bonds is 3. The number of amides is 1. The van der Waals surface area contributed by atoms with Gasteiger partial charge in [0.25, 0.3) is 0 Å². The number of nitrogens with zero attached hydrogens (tertiary/aromatic N) is 1. The molecule has 25 heavy (non-hydrogen) atoms. The molecule has 1 saturated carbocycles. The lowest BCUT2D eigenvalue weighted by Crippen LogP contribution is -2.54. The third kappa shape index (κ3) is 2.75. The number of likely N-dealkylation sites (tertiary alicyclic amines) is 1. The number of carbonyl (C=O) groups excluding carboxylic acids is 1. The second-order valence-electron chi connectivity index (χ2n) is 8.34. The van der Waals surface area contributed by atoms with Crippen LogP contribution in [0.2, 0.25) is 0 Å². The minimum Gasteiger partial charge on any atom is -0.496 e. The zero-order valence-corrected chi connectivity index (χ0v) is 15.6. The zero-order valence-electron chi connectivity index (χ0n) is 15.6. The molecule has 136 valence electrons. The molecule has 0 radical (unpaired) electrons. The third-order valence-corrected chi connectivity index (χ3v) is 7.02. The number of hydrogen-bond acceptors (Lipinski definition) is 3. The fourth-order valence-corrected chi connectivity index (χ4v) is 4.98. The molecule has 2 aliphatic heterocycles. The predicted octanol–water partition coefficient (Wildman–Crippen LogP) is 3.03. The quantitative estimate of drug-likeness (QED) is 0.918. The second-order valence-corrected chi connectivity index (χ2v) is 8.34. The molecule has 0 bridgehead atoms. The Morgan fingerprint density at radius 1 is 1.16 bits per heavy atom. The molecule has 1 aliphatic carbocycles. The molecule has 1 amide bonds. The molecule has 1 aromatic carbocycles. The summed E-state index contributed by atoms with van der Waals surface area (Å²) in [5, 5.41) is 3.51. The number of hydrogen-bond donors (Lipinski definition) is 1. The topological polar surface area (TPSA) is 41.6 Å². The van der Waals surface area contributed by atoms with Gasteiger partial charge in [-0.15, -0.1) is 0 Å². The highest BCUT2D eigenvalue weighted by Crippen LogP contribution is 2.47. The predicted molar refractivity (Wildman–Crippen MR) is 99.0 cm³/mol. The van der Waals surface area contributed by atoms with Crippen LogP contribution in [0.15, 0.2) is 18.2 Å². The molecule has 0 aromatic heterocycles. The molecular weight excluding hydrogens is 312 g/mol. The highest BCUT2D eigenvalue weighted by Gasteiger charge is 2.49. The monoisotopic (exact) mass is 342 g/mol. The van der Waals surface area contributed by atoms with Crippen LogP contribution in [0.3, 0.4) is 0 Å². The van der Waals surface area contributed by atoms with Crippen LogP contribution in [0.4, 0.5) is 0 Å².